The highest BCUT2D eigenvalue weighted by atomic mass is 16.5. The fourth-order valence-corrected chi connectivity index (χ4v) is 2.27. The summed E-state index contributed by atoms with van der Waals surface area (Å²) in [6, 6.07) is 7.75. The van der Waals surface area contributed by atoms with Crippen LogP contribution in [0.3, 0.4) is 0 Å². The van der Waals surface area contributed by atoms with Crippen LogP contribution in [-0.2, 0) is 11.2 Å². The molecule has 1 aromatic rings. The summed E-state index contributed by atoms with van der Waals surface area (Å²) in [5, 5.41) is 12.0. The third kappa shape index (κ3) is 4.91. The maximum Gasteiger partial charge on any atom is 0.303 e. The van der Waals surface area contributed by atoms with Gasteiger partial charge in [0.25, 0.3) is 0 Å². The van der Waals surface area contributed by atoms with E-state index in [-0.39, 0.29) is 6.42 Å². The minimum atomic E-state index is -0.758. The number of carboxylic acids is 1. The largest absolute Gasteiger partial charge is 0.493 e. The summed E-state index contributed by atoms with van der Waals surface area (Å²) in [6.45, 7) is 2.94. The first-order valence-corrected chi connectivity index (χ1v) is 6.88. The van der Waals surface area contributed by atoms with Crippen LogP contribution in [0, 0.1) is 5.92 Å². The van der Waals surface area contributed by atoms with Crippen LogP contribution in [-0.4, -0.2) is 30.8 Å². The standard InChI is InChI=1S/C15H21NO3/c17-15(18)6-3-12-1-4-14(5-2-12)19-11-13-7-9-16-10-8-13/h1-2,4-5,13,16H,3,6-11H2,(H,17,18). The highest BCUT2D eigenvalue weighted by Crippen LogP contribution is 2.17. The van der Waals surface area contributed by atoms with Crippen molar-refractivity contribution >= 4 is 5.97 Å². The molecule has 1 aromatic carbocycles. The lowest BCUT2D eigenvalue weighted by atomic mass is 9.99. The topological polar surface area (TPSA) is 58.6 Å². The zero-order valence-electron chi connectivity index (χ0n) is 11.1. The number of nitrogens with one attached hydrogen (secondary N) is 1. The van der Waals surface area contributed by atoms with Crippen molar-refractivity contribution in [1.29, 1.82) is 0 Å². The molecule has 4 heteroatoms. The van der Waals surface area contributed by atoms with Gasteiger partial charge in [-0.3, -0.25) is 4.79 Å². The van der Waals surface area contributed by atoms with Gasteiger partial charge >= 0.3 is 5.97 Å². The van der Waals surface area contributed by atoms with E-state index in [4.69, 9.17) is 9.84 Å². The third-order valence-electron chi connectivity index (χ3n) is 3.50. The molecule has 0 unspecified atom stereocenters. The number of carboxylic acid groups (broad SMARTS) is 1. The minimum absolute atomic E-state index is 0.176. The molecule has 4 nitrogen and oxygen atoms in total. The Morgan fingerprint density at radius 3 is 2.58 bits per heavy atom. The van der Waals surface area contributed by atoms with E-state index in [1.54, 1.807) is 0 Å². The van der Waals surface area contributed by atoms with E-state index in [1.165, 1.54) is 12.8 Å². The molecule has 0 saturated carbocycles. The van der Waals surface area contributed by atoms with Gasteiger partial charge in [0.2, 0.25) is 0 Å². The first kappa shape index (κ1) is 13.9. The number of ether oxygens (including phenoxy) is 1. The van der Waals surface area contributed by atoms with Crippen LogP contribution in [0.1, 0.15) is 24.8 Å². The first-order valence-electron chi connectivity index (χ1n) is 6.88. The van der Waals surface area contributed by atoms with Gasteiger partial charge in [-0.2, -0.15) is 0 Å². The van der Waals surface area contributed by atoms with Crippen molar-refractivity contribution in [2.45, 2.75) is 25.7 Å². The molecule has 1 saturated heterocycles. The Labute approximate surface area is 113 Å². The van der Waals surface area contributed by atoms with Crippen molar-refractivity contribution in [2.75, 3.05) is 19.7 Å². The molecule has 19 heavy (non-hydrogen) atoms. The van der Waals surface area contributed by atoms with E-state index >= 15 is 0 Å². The number of benzene rings is 1. The highest BCUT2D eigenvalue weighted by molar-refractivity contribution is 5.67. The van der Waals surface area contributed by atoms with Gasteiger partial charge in [0.05, 0.1) is 6.61 Å². The Morgan fingerprint density at radius 1 is 1.26 bits per heavy atom. The van der Waals surface area contributed by atoms with Gasteiger partial charge in [0.15, 0.2) is 0 Å². The zero-order chi connectivity index (χ0) is 13.5. The number of carbonyl (C=O) groups is 1. The van der Waals surface area contributed by atoms with Crippen LogP contribution in [0.2, 0.25) is 0 Å². The van der Waals surface area contributed by atoms with Crippen molar-refractivity contribution < 1.29 is 14.6 Å². The van der Waals surface area contributed by atoms with Crippen molar-refractivity contribution in [2.24, 2.45) is 5.92 Å². The molecule has 0 bridgehead atoms. The summed E-state index contributed by atoms with van der Waals surface area (Å²) < 4.78 is 5.78. The Bertz CT molecular complexity index is 396. The molecule has 2 N–H and O–H groups in total. The molecule has 0 atom stereocenters. The van der Waals surface area contributed by atoms with Crippen LogP contribution in [0.25, 0.3) is 0 Å². The predicted octanol–water partition coefficient (Wildman–Crippen LogP) is 2.08. The SMILES string of the molecule is O=C(O)CCc1ccc(OCC2CCNCC2)cc1. The van der Waals surface area contributed by atoms with Gasteiger partial charge in [-0.25, -0.2) is 0 Å². The maximum absolute atomic E-state index is 10.5. The molecule has 1 fully saturated rings. The van der Waals surface area contributed by atoms with Gasteiger partial charge in [0.1, 0.15) is 5.75 Å². The average Bonchev–Trinajstić information content (AvgIpc) is 2.45. The number of hydrogen-bond donors (Lipinski definition) is 2. The molecule has 0 radical (unpaired) electrons. The highest BCUT2D eigenvalue weighted by Gasteiger charge is 2.13. The summed E-state index contributed by atoms with van der Waals surface area (Å²) in [7, 11) is 0. The fraction of sp³-hybridized carbons (Fsp3) is 0.533. The van der Waals surface area contributed by atoms with Crippen LogP contribution in [0.15, 0.2) is 24.3 Å². The molecule has 1 heterocycles. The molecule has 1 aliphatic rings. The second-order valence-electron chi connectivity index (χ2n) is 5.04. The monoisotopic (exact) mass is 263 g/mol. The predicted molar refractivity (Wildman–Crippen MR) is 73.5 cm³/mol. The van der Waals surface area contributed by atoms with Crippen LogP contribution in [0.5, 0.6) is 5.75 Å². The smallest absolute Gasteiger partial charge is 0.303 e. The van der Waals surface area contributed by atoms with Gasteiger partial charge in [0, 0.05) is 6.42 Å². The quantitative estimate of drug-likeness (QED) is 0.825. The van der Waals surface area contributed by atoms with Crippen molar-refractivity contribution in [3.05, 3.63) is 29.8 Å². The number of aliphatic carboxylic acids is 1. The van der Waals surface area contributed by atoms with E-state index in [2.05, 4.69) is 5.32 Å². The summed E-state index contributed by atoms with van der Waals surface area (Å²) in [5.41, 5.74) is 1.04. The molecule has 104 valence electrons. The van der Waals surface area contributed by atoms with Crippen LogP contribution < -0.4 is 10.1 Å². The summed E-state index contributed by atoms with van der Waals surface area (Å²) in [5.74, 6) is 0.761. The van der Waals surface area contributed by atoms with E-state index < -0.39 is 5.97 Å². The molecular weight excluding hydrogens is 242 g/mol. The van der Waals surface area contributed by atoms with E-state index in [1.807, 2.05) is 24.3 Å². The molecule has 1 aliphatic heterocycles. The van der Waals surface area contributed by atoms with Crippen LogP contribution in [0.4, 0.5) is 0 Å². The molecule has 0 amide bonds. The van der Waals surface area contributed by atoms with Crippen molar-refractivity contribution in [1.82, 2.24) is 5.32 Å². The Kier molecular flexibility index (Phi) is 5.21. The Hall–Kier alpha value is -1.55. The second kappa shape index (κ2) is 7.14. The lowest BCUT2D eigenvalue weighted by molar-refractivity contribution is -0.136. The van der Waals surface area contributed by atoms with Crippen molar-refractivity contribution in [3.8, 4) is 5.75 Å². The average molecular weight is 263 g/mol. The summed E-state index contributed by atoms with van der Waals surface area (Å²) in [4.78, 5) is 10.5. The lowest BCUT2D eigenvalue weighted by Gasteiger charge is -2.22. The van der Waals surface area contributed by atoms with Gasteiger partial charge in [-0.05, 0) is 56.0 Å². The molecular formula is C15H21NO3. The van der Waals surface area contributed by atoms with Gasteiger partial charge in [-0.15, -0.1) is 0 Å². The minimum Gasteiger partial charge on any atom is -0.493 e. The van der Waals surface area contributed by atoms with E-state index in [0.29, 0.717) is 12.3 Å². The van der Waals surface area contributed by atoms with E-state index in [9.17, 15) is 4.79 Å². The van der Waals surface area contributed by atoms with Crippen LogP contribution >= 0.6 is 0 Å². The lowest BCUT2D eigenvalue weighted by Crippen LogP contribution is -2.30. The summed E-state index contributed by atoms with van der Waals surface area (Å²) in [6.07, 6.45) is 3.10. The number of piperidine rings is 1. The Balaban J connectivity index is 1.76. The fourth-order valence-electron chi connectivity index (χ4n) is 2.27. The third-order valence-corrected chi connectivity index (χ3v) is 3.50. The molecule has 0 spiro atoms. The molecule has 0 aromatic heterocycles. The summed E-state index contributed by atoms with van der Waals surface area (Å²) >= 11 is 0. The molecule has 0 aliphatic carbocycles. The van der Waals surface area contributed by atoms with Gasteiger partial charge in [-0.1, -0.05) is 12.1 Å². The van der Waals surface area contributed by atoms with Gasteiger partial charge < -0.3 is 15.2 Å². The Morgan fingerprint density at radius 2 is 1.95 bits per heavy atom. The number of aryl methyl sites for hydroxylation is 1. The van der Waals surface area contributed by atoms with Crippen molar-refractivity contribution in [3.63, 3.8) is 0 Å². The second-order valence-corrected chi connectivity index (χ2v) is 5.04. The number of rotatable bonds is 6. The normalized spacial score (nSPS) is 16.2. The first-order chi connectivity index (χ1) is 9.24. The molecule has 2 rings (SSSR count). The maximum atomic E-state index is 10.5. The number of hydrogen-bond acceptors (Lipinski definition) is 3. The zero-order valence-corrected chi connectivity index (χ0v) is 11.1. The van der Waals surface area contributed by atoms with E-state index in [0.717, 1.165) is 31.0 Å².